The maximum absolute atomic E-state index is 10.9. The van der Waals surface area contributed by atoms with Crippen molar-refractivity contribution in [3.8, 4) is 0 Å². The van der Waals surface area contributed by atoms with Crippen molar-refractivity contribution in [1.82, 2.24) is 9.88 Å². The molecule has 1 N–H and O–H groups in total. The van der Waals surface area contributed by atoms with Crippen LogP contribution in [0.1, 0.15) is 36.5 Å². The van der Waals surface area contributed by atoms with E-state index in [1.165, 1.54) is 0 Å². The number of carbonyl (C=O) groups is 1. The molecule has 0 saturated carbocycles. The van der Waals surface area contributed by atoms with E-state index in [0.29, 0.717) is 6.04 Å². The van der Waals surface area contributed by atoms with E-state index in [1.54, 1.807) is 11.3 Å². The predicted molar refractivity (Wildman–Crippen MR) is 67.2 cm³/mol. The van der Waals surface area contributed by atoms with E-state index in [-0.39, 0.29) is 5.92 Å². The molecule has 5 heteroatoms. The number of hydrogen-bond acceptors (Lipinski definition) is 4. The number of carboxylic acid groups (broad SMARTS) is 1. The molecule has 1 aromatic rings. The van der Waals surface area contributed by atoms with E-state index >= 15 is 0 Å². The maximum Gasteiger partial charge on any atom is 0.306 e. The van der Waals surface area contributed by atoms with Gasteiger partial charge in [-0.15, -0.1) is 11.3 Å². The Hall–Kier alpha value is -0.940. The number of piperidine rings is 1. The lowest BCUT2D eigenvalue weighted by Crippen LogP contribution is -2.37. The molecule has 2 heterocycles. The number of nitrogens with zero attached hydrogens (tertiary/aromatic N) is 2. The van der Waals surface area contributed by atoms with Crippen LogP contribution in [0.25, 0.3) is 0 Å². The van der Waals surface area contributed by atoms with Gasteiger partial charge in [0.25, 0.3) is 0 Å². The lowest BCUT2D eigenvalue weighted by atomic mass is 9.96. The van der Waals surface area contributed by atoms with E-state index in [1.807, 2.05) is 6.92 Å². The van der Waals surface area contributed by atoms with E-state index in [9.17, 15) is 4.79 Å². The van der Waals surface area contributed by atoms with E-state index < -0.39 is 5.97 Å². The van der Waals surface area contributed by atoms with Gasteiger partial charge in [-0.25, -0.2) is 4.98 Å². The normalized spacial score (nSPS) is 20.4. The van der Waals surface area contributed by atoms with Gasteiger partial charge in [-0.2, -0.15) is 0 Å². The zero-order chi connectivity index (χ0) is 12.4. The number of aromatic nitrogens is 1. The number of aliphatic carboxylic acids is 1. The molecule has 1 aliphatic heterocycles. The van der Waals surface area contributed by atoms with Gasteiger partial charge in [0, 0.05) is 5.38 Å². The summed E-state index contributed by atoms with van der Waals surface area (Å²) in [6.07, 6.45) is 1.51. The third kappa shape index (κ3) is 2.84. The van der Waals surface area contributed by atoms with Gasteiger partial charge in [0.1, 0.15) is 0 Å². The number of hydrogen-bond donors (Lipinski definition) is 1. The second-order valence-corrected chi connectivity index (χ2v) is 5.68. The Bertz CT molecular complexity index is 397. The van der Waals surface area contributed by atoms with Gasteiger partial charge in [-0.05, 0) is 39.8 Å². The molecular formula is C12H18N2O2S. The number of carboxylic acids is 1. The highest BCUT2D eigenvalue weighted by atomic mass is 32.1. The summed E-state index contributed by atoms with van der Waals surface area (Å²) in [5, 5.41) is 12.1. The van der Waals surface area contributed by atoms with Gasteiger partial charge in [-0.1, -0.05) is 0 Å². The number of likely N-dealkylation sites (tertiary alicyclic amines) is 1. The standard InChI is InChI=1S/C12H18N2O2S/c1-8(11-7-17-9(2)13-11)14-5-3-10(4-6-14)12(15)16/h7-8,10H,3-6H2,1-2H3,(H,15,16). The Balaban J connectivity index is 1.94. The van der Waals surface area contributed by atoms with Gasteiger partial charge in [-0.3, -0.25) is 9.69 Å². The van der Waals surface area contributed by atoms with Crippen LogP contribution in [0.4, 0.5) is 0 Å². The summed E-state index contributed by atoms with van der Waals surface area (Å²) in [6, 6.07) is 0.301. The number of thiazole rings is 1. The molecule has 4 nitrogen and oxygen atoms in total. The Labute approximate surface area is 105 Å². The molecule has 94 valence electrons. The minimum Gasteiger partial charge on any atom is -0.481 e. The molecule has 0 amide bonds. The fourth-order valence-corrected chi connectivity index (χ4v) is 2.99. The minimum absolute atomic E-state index is 0.157. The lowest BCUT2D eigenvalue weighted by molar-refractivity contribution is -0.143. The first-order chi connectivity index (χ1) is 8.08. The first kappa shape index (κ1) is 12.5. The van der Waals surface area contributed by atoms with Crippen LogP contribution in [0.15, 0.2) is 5.38 Å². The van der Waals surface area contributed by atoms with Gasteiger partial charge >= 0.3 is 5.97 Å². The first-order valence-electron chi connectivity index (χ1n) is 5.97. The molecule has 1 unspecified atom stereocenters. The Morgan fingerprint density at radius 1 is 1.59 bits per heavy atom. The molecule has 1 atom stereocenters. The van der Waals surface area contributed by atoms with E-state index in [2.05, 4.69) is 22.2 Å². The molecule has 1 saturated heterocycles. The van der Waals surface area contributed by atoms with Crippen LogP contribution in [0.3, 0.4) is 0 Å². The Morgan fingerprint density at radius 3 is 2.71 bits per heavy atom. The van der Waals surface area contributed by atoms with Gasteiger partial charge < -0.3 is 5.11 Å². The second-order valence-electron chi connectivity index (χ2n) is 4.62. The molecule has 0 bridgehead atoms. The minimum atomic E-state index is -0.651. The molecule has 1 aromatic heterocycles. The van der Waals surface area contributed by atoms with Crippen molar-refractivity contribution in [2.45, 2.75) is 32.7 Å². The highest BCUT2D eigenvalue weighted by Gasteiger charge is 2.27. The SMILES string of the molecule is Cc1nc(C(C)N2CCC(C(=O)O)CC2)cs1. The van der Waals surface area contributed by atoms with Crippen LogP contribution in [-0.4, -0.2) is 34.0 Å². The van der Waals surface area contributed by atoms with Crippen LogP contribution in [0.2, 0.25) is 0 Å². The third-order valence-electron chi connectivity index (χ3n) is 3.49. The monoisotopic (exact) mass is 254 g/mol. The van der Waals surface area contributed by atoms with Crippen LogP contribution >= 0.6 is 11.3 Å². The highest BCUT2D eigenvalue weighted by Crippen LogP contribution is 2.27. The Kier molecular flexibility index (Phi) is 3.79. The van der Waals surface area contributed by atoms with Gasteiger partial charge in [0.2, 0.25) is 0 Å². The molecule has 1 aliphatic rings. The summed E-state index contributed by atoms with van der Waals surface area (Å²) in [6.45, 7) is 5.87. The van der Waals surface area contributed by atoms with Crippen molar-refractivity contribution in [1.29, 1.82) is 0 Å². The third-order valence-corrected chi connectivity index (χ3v) is 4.28. The van der Waals surface area contributed by atoms with Crippen LogP contribution in [0.5, 0.6) is 0 Å². The van der Waals surface area contributed by atoms with Gasteiger partial charge in [0.15, 0.2) is 0 Å². The number of rotatable bonds is 3. The smallest absolute Gasteiger partial charge is 0.306 e. The van der Waals surface area contributed by atoms with Crippen molar-refractivity contribution < 1.29 is 9.90 Å². The molecule has 17 heavy (non-hydrogen) atoms. The summed E-state index contributed by atoms with van der Waals surface area (Å²) < 4.78 is 0. The summed E-state index contributed by atoms with van der Waals surface area (Å²) in [5.74, 6) is -0.808. The zero-order valence-corrected chi connectivity index (χ0v) is 11.0. The highest BCUT2D eigenvalue weighted by molar-refractivity contribution is 7.09. The number of aryl methyl sites for hydroxylation is 1. The van der Waals surface area contributed by atoms with Crippen molar-refractivity contribution in [2.24, 2.45) is 5.92 Å². The van der Waals surface area contributed by atoms with Crippen molar-refractivity contribution in [3.05, 3.63) is 16.1 Å². The largest absolute Gasteiger partial charge is 0.481 e. The quantitative estimate of drug-likeness (QED) is 0.899. The zero-order valence-electron chi connectivity index (χ0n) is 10.2. The Morgan fingerprint density at radius 2 is 2.24 bits per heavy atom. The van der Waals surface area contributed by atoms with Crippen LogP contribution in [0, 0.1) is 12.8 Å². The van der Waals surface area contributed by atoms with Crippen LogP contribution in [-0.2, 0) is 4.79 Å². The molecule has 2 rings (SSSR count). The maximum atomic E-state index is 10.9. The van der Waals surface area contributed by atoms with E-state index in [4.69, 9.17) is 5.11 Å². The van der Waals surface area contributed by atoms with Crippen molar-refractivity contribution >= 4 is 17.3 Å². The fraction of sp³-hybridized carbons (Fsp3) is 0.667. The van der Waals surface area contributed by atoms with Gasteiger partial charge in [0.05, 0.1) is 22.7 Å². The van der Waals surface area contributed by atoms with Crippen molar-refractivity contribution in [2.75, 3.05) is 13.1 Å². The fourth-order valence-electron chi connectivity index (χ4n) is 2.29. The molecule has 0 radical (unpaired) electrons. The average molecular weight is 254 g/mol. The van der Waals surface area contributed by atoms with Crippen LogP contribution < -0.4 is 0 Å². The summed E-state index contributed by atoms with van der Waals surface area (Å²) in [5.41, 5.74) is 1.11. The predicted octanol–water partition coefficient (Wildman–Crippen LogP) is 2.31. The van der Waals surface area contributed by atoms with E-state index in [0.717, 1.165) is 36.6 Å². The summed E-state index contributed by atoms with van der Waals surface area (Å²) in [4.78, 5) is 17.7. The first-order valence-corrected chi connectivity index (χ1v) is 6.84. The molecular weight excluding hydrogens is 236 g/mol. The average Bonchev–Trinajstić information content (AvgIpc) is 2.75. The molecule has 0 spiro atoms. The molecule has 0 aliphatic carbocycles. The summed E-state index contributed by atoms with van der Waals surface area (Å²) >= 11 is 1.67. The van der Waals surface area contributed by atoms with Crippen molar-refractivity contribution in [3.63, 3.8) is 0 Å². The molecule has 1 fully saturated rings. The second kappa shape index (κ2) is 5.14. The summed E-state index contributed by atoms with van der Waals surface area (Å²) in [7, 11) is 0. The topological polar surface area (TPSA) is 53.4 Å². The molecule has 0 aromatic carbocycles. The lowest BCUT2D eigenvalue weighted by Gasteiger charge is -2.33.